The second-order valence-corrected chi connectivity index (χ2v) is 11.1. The van der Waals surface area contributed by atoms with Gasteiger partial charge in [0.1, 0.15) is 11.6 Å². The molecular formula is C28H35N3O2. The summed E-state index contributed by atoms with van der Waals surface area (Å²) < 4.78 is 5.44. The van der Waals surface area contributed by atoms with E-state index in [4.69, 9.17) is 9.72 Å². The number of rotatable bonds is 5. The van der Waals surface area contributed by atoms with Crippen molar-refractivity contribution in [1.29, 1.82) is 0 Å². The average Bonchev–Trinajstić information content (AvgIpc) is 2.81. The van der Waals surface area contributed by atoms with Crippen molar-refractivity contribution in [3.63, 3.8) is 0 Å². The van der Waals surface area contributed by atoms with Gasteiger partial charge in [0, 0.05) is 42.5 Å². The van der Waals surface area contributed by atoms with Gasteiger partial charge >= 0.3 is 0 Å². The zero-order valence-electron chi connectivity index (χ0n) is 19.9. The lowest BCUT2D eigenvalue weighted by Crippen LogP contribution is -2.49. The van der Waals surface area contributed by atoms with Gasteiger partial charge < -0.3 is 14.5 Å². The molecule has 0 spiro atoms. The standard InChI is InChI=1S/C28H35N3O2/c1-30-7-9-31(10-8-30)27-22(14-23-15-24(33-2)4-5-25(23)29-27)3-6-26(32)28-16-19-11-20(17-28)13-21(12-19)18-28/h3-6,14-15,19-21H,7-13,16-18H2,1-2H3/b6-3+. The number of ketones is 1. The maximum atomic E-state index is 13.6. The molecule has 0 N–H and O–H groups in total. The van der Waals surface area contributed by atoms with E-state index >= 15 is 0 Å². The predicted octanol–water partition coefficient (Wildman–Crippen LogP) is 4.79. The van der Waals surface area contributed by atoms with E-state index in [1.54, 1.807) is 7.11 Å². The van der Waals surface area contributed by atoms with Gasteiger partial charge in [-0.2, -0.15) is 0 Å². The monoisotopic (exact) mass is 445 g/mol. The number of pyridine rings is 1. The number of benzene rings is 1. The van der Waals surface area contributed by atoms with Crippen LogP contribution < -0.4 is 9.64 Å². The van der Waals surface area contributed by atoms with Crippen LogP contribution in [0.5, 0.6) is 5.75 Å². The molecule has 4 aliphatic carbocycles. The van der Waals surface area contributed by atoms with Gasteiger partial charge in [-0.15, -0.1) is 0 Å². The van der Waals surface area contributed by atoms with Gasteiger partial charge in [0.2, 0.25) is 0 Å². The summed E-state index contributed by atoms with van der Waals surface area (Å²) in [4.78, 5) is 23.4. The largest absolute Gasteiger partial charge is 0.497 e. The second-order valence-electron chi connectivity index (χ2n) is 11.1. The summed E-state index contributed by atoms with van der Waals surface area (Å²) in [5, 5.41) is 1.05. The number of methoxy groups -OCH3 is 1. The Morgan fingerprint density at radius 2 is 1.70 bits per heavy atom. The van der Waals surface area contributed by atoms with Gasteiger partial charge in [0.15, 0.2) is 5.78 Å². The lowest BCUT2D eigenvalue weighted by atomic mass is 9.48. The highest BCUT2D eigenvalue weighted by Gasteiger charge is 2.53. The Kier molecular flexibility index (Phi) is 5.21. The Hall–Kier alpha value is -2.40. The Morgan fingerprint density at radius 1 is 1.03 bits per heavy atom. The van der Waals surface area contributed by atoms with Crippen LogP contribution >= 0.6 is 0 Å². The Bertz CT molecular complexity index is 1060. The molecular weight excluding hydrogens is 410 g/mol. The van der Waals surface area contributed by atoms with Crippen LogP contribution in [0.3, 0.4) is 0 Å². The van der Waals surface area contributed by atoms with Crippen molar-refractivity contribution in [2.75, 3.05) is 45.2 Å². The lowest BCUT2D eigenvalue weighted by molar-refractivity contribution is -0.138. The molecule has 2 heterocycles. The van der Waals surface area contributed by atoms with E-state index in [9.17, 15) is 4.79 Å². The Balaban J connectivity index is 1.34. The average molecular weight is 446 g/mol. The number of piperazine rings is 1. The molecule has 1 saturated heterocycles. The number of hydrogen-bond acceptors (Lipinski definition) is 5. The first-order chi connectivity index (χ1) is 16.0. The summed E-state index contributed by atoms with van der Waals surface area (Å²) in [7, 11) is 3.86. The first kappa shape index (κ1) is 21.2. The summed E-state index contributed by atoms with van der Waals surface area (Å²) in [6.45, 7) is 3.96. The number of likely N-dealkylation sites (N-methyl/N-ethyl adjacent to an activating group) is 1. The van der Waals surface area contributed by atoms with E-state index in [-0.39, 0.29) is 5.41 Å². The number of carbonyl (C=O) groups excluding carboxylic acids is 1. The lowest BCUT2D eigenvalue weighted by Gasteiger charge is -2.55. The van der Waals surface area contributed by atoms with Crippen molar-refractivity contribution in [2.24, 2.45) is 23.2 Å². The molecule has 0 unspecified atom stereocenters. The fraction of sp³-hybridized carbons (Fsp3) is 0.571. The van der Waals surface area contributed by atoms with Crippen molar-refractivity contribution in [3.8, 4) is 5.75 Å². The minimum absolute atomic E-state index is 0.0905. The molecule has 5 aliphatic rings. The number of fused-ring (bicyclic) bond motifs is 1. The number of aromatic nitrogens is 1. The fourth-order valence-corrected chi connectivity index (χ4v) is 7.44. The molecule has 1 aliphatic heterocycles. The SMILES string of the molecule is COc1ccc2nc(N3CCN(C)CC3)c(/C=C/C(=O)C34CC5CC(CC(C5)C3)C4)cc2c1. The van der Waals surface area contributed by atoms with E-state index in [1.165, 1.54) is 19.3 Å². The zero-order chi connectivity index (χ0) is 22.6. The minimum atomic E-state index is -0.0905. The van der Waals surface area contributed by atoms with Crippen LogP contribution in [0.25, 0.3) is 17.0 Å². The predicted molar refractivity (Wildman–Crippen MR) is 133 cm³/mol. The molecule has 2 aromatic rings. The van der Waals surface area contributed by atoms with Crippen LogP contribution in [-0.4, -0.2) is 56.0 Å². The van der Waals surface area contributed by atoms with E-state index < -0.39 is 0 Å². The molecule has 4 bridgehead atoms. The third-order valence-electron chi connectivity index (χ3n) is 8.81. The van der Waals surface area contributed by atoms with Crippen LogP contribution in [-0.2, 0) is 4.79 Å². The minimum Gasteiger partial charge on any atom is -0.497 e. The number of carbonyl (C=O) groups is 1. The van der Waals surface area contributed by atoms with Gasteiger partial charge in [-0.05, 0) is 99.7 Å². The third-order valence-corrected chi connectivity index (χ3v) is 8.81. The summed E-state index contributed by atoms with van der Waals surface area (Å²) in [6, 6.07) is 8.22. The normalized spacial score (nSPS) is 31.6. The molecule has 0 atom stereocenters. The highest BCUT2D eigenvalue weighted by atomic mass is 16.5. The fourth-order valence-electron chi connectivity index (χ4n) is 7.44. The molecule has 5 fully saturated rings. The molecule has 33 heavy (non-hydrogen) atoms. The van der Waals surface area contributed by atoms with Gasteiger partial charge in [-0.3, -0.25) is 4.79 Å². The van der Waals surface area contributed by atoms with Gasteiger partial charge in [0.05, 0.1) is 12.6 Å². The number of allylic oxidation sites excluding steroid dienone is 1. The first-order valence-electron chi connectivity index (χ1n) is 12.7. The summed E-state index contributed by atoms with van der Waals surface area (Å²) in [6.07, 6.45) is 11.4. The first-order valence-corrected chi connectivity index (χ1v) is 12.7. The van der Waals surface area contributed by atoms with Crippen molar-refractivity contribution < 1.29 is 9.53 Å². The molecule has 5 nitrogen and oxygen atoms in total. The molecule has 174 valence electrons. The number of hydrogen-bond donors (Lipinski definition) is 0. The van der Waals surface area contributed by atoms with Crippen molar-refractivity contribution in [1.82, 2.24) is 9.88 Å². The topological polar surface area (TPSA) is 45.7 Å². The van der Waals surface area contributed by atoms with E-state index in [1.807, 2.05) is 24.3 Å². The number of ether oxygens (including phenoxy) is 1. The van der Waals surface area contributed by atoms with E-state index in [2.05, 4.69) is 29.0 Å². The smallest absolute Gasteiger partial charge is 0.161 e. The Morgan fingerprint density at radius 3 is 2.33 bits per heavy atom. The maximum absolute atomic E-state index is 13.6. The number of nitrogens with zero attached hydrogens (tertiary/aromatic N) is 3. The van der Waals surface area contributed by atoms with Crippen molar-refractivity contribution >= 4 is 28.6 Å². The van der Waals surface area contributed by atoms with E-state index in [0.717, 1.165) is 91.2 Å². The quantitative estimate of drug-likeness (QED) is 0.619. The molecule has 5 heteroatoms. The molecule has 7 rings (SSSR count). The highest BCUT2D eigenvalue weighted by Crippen LogP contribution is 2.60. The molecule has 0 radical (unpaired) electrons. The number of anilines is 1. The van der Waals surface area contributed by atoms with Crippen LogP contribution in [0, 0.1) is 23.2 Å². The Labute approximate surface area is 196 Å². The summed E-state index contributed by atoms with van der Waals surface area (Å²) in [5.41, 5.74) is 1.92. The van der Waals surface area contributed by atoms with Gasteiger partial charge in [0.25, 0.3) is 0 Å². The van der Waals surface area contributed by atoms with Crippen LogP contribution in [0.4, 0.5) is 5.82 Å². The second kappa shape index (κ2) is 8.12. The maximum Gasteiger partial charge on any atom is 0.161 e. The zero-order valence-corrected chi connectivity index (χ0v) is 19.9. The molecule has 1 aromatic carbocycles. The van der Waals surface area contributed by atoms with Crippen LogP contribution in [0.2, 0.25) is 0 Å². The van der Waals surface area contributed by atoms with Crippen molar-refractivity contribution in [3.05, 3.63) is 35.9 Å². The van der Waals surface area contributed by atoms with Gasteiger partial charge in [-0.25, -0.2) is 4.98 Å². The molecule has 0 amide bonds. The summed E-state index contributed by atoms with van der Waals surface area (Å²) >= 11 is 0. The molecule has 1 aromatic heterocycles. The third kappa shape index (κ3) is 3.84. The van der Waals surface area contributed by atoms with Crippen LogP contribution in [0.1, 0.15) is 44.1 Å². The molecule has 4 saturated carbocycles. The van der Waals surface area contributed by atoms with Gasteiger partial charge in [-0.1, -0.05) is 0 Å². The summed E-state index contributed by atoms with van der Waals surface area (Å²) in [5.74, 6) is 4.53. The van der Waals surface area contributed by atoms with Crippen LogP contribution in [0.15, 0.2) is 30.3 Å². The van der Waals surface area contributed by atoms with Crippen molar-refractivity contribution in [2.45, 2.75) is 38.5 Å². The van der Waals surface area contributed by atoms with E-state index in [0.29, 0.717) is 5.78 Å². The highest BCUT2D eigenvalue weighted by molar-refractivity contribution is 5.99.